The quantitative estimate of drug-likeness (QED) is 0.477. The maximum atomic E-state index is 12.9. The molecule has 1 atom stereocenters. The largest absolute Gasteiger partial charge is 0.493 e. The lowest BCUT2D eigenvalue weighted by molar-refractivity contribution is 0.0525. The number of hydrogen-bond donors (Lipinski definition) is 1. The first-order valence-corrected chi connectivity index (χ1v) is 10.8. The number of methoxy groups -OCH3 is 3. The van der Waals surface area contributed by atoms with Crippen LogP contribution >= 0.6 is 0 Å². The molecule has 1 N–H and O–H groups in total. The van der Waals surface area contributed by atoms with Crippen molar-refractivity contribution in [2.24, 2.45) is 0 Å². The highest BCUT2D eigenvalue weighted by Gasteiger charge is 2.19. The van der Waals surface area contributed by atoms with Crippen LogP contribution in [0.3, 0.4) is 0 Å². The Morgan fingerprint density at radius 2 is 1.65 bits per heavy atom. The summed E-state index contributed by atoms with van der Waals surface area (Å²) in [6, 6.07) is 10.2. The Morgan fingerprint density at radius 1 is 1.03 bits per heavy atom. The summed E-state index contributed by atoms with van der Waals surface area (Å²) in [5.41, 5.74) is 3.08. The molecule has 3 aromatic rings. The normalized spacial score (nSPS) is 11.5. The summed E-state index contributed by atoms with van der Waals surface area (Å²) < 4.78 is 22.8. The molecule has 0 radical (unpaired) electrons. The standard InChI is InChI=1S/C25H29N3O6/c1-7-34-25(30)20-14-26-28(16(20)3)19-10-8-17(9-11-19)24(29)27-15(2)18-12-21(31-4)23(33-6)22(13-18)32-5/h8-15H,7H2,1-6H3,(H,27,29). The van der Waals surface area contributed by atoms with E-state index >= 15 is 0 Å². The lowest BCUT2D eigenvalue weighted by Gasteiger charge is -2.19. The van der Waals surface area contributed by atoms with Crippen molar-refractivity contribution in [3.8, 4) is 22.9 Å². The molecule has 2 aromatic carbocycles. The zero-order valence-electron chi connectivity index (χ0n) is 20.2. The Morgan fingerprint density at radius 3 is 2.18 bits per heavy atom. The molecule has 0 saturated carbocycles. The van der Waals surface area contributed by atoms with Crippen LogP contribution < -0.4 is 19.5 Å². The number of aromatic nitrogens is 2. The lowest BCUT2D eigenvalue weighted by atomic mass is 10.1. The highest BCUT2D eigenvalue weighted by molar-refractivity contribution is 5.94. The average molecular weight is 468 g/mol. The van der Waals surface area contributed by atoms with E-state index in [0.717, 1.165) is 11.3 Å². The summed E-state index contributed by atoms with van der Waals surface area (Å²) >= 11 is 0. The predicted octanol–water partition coefficient (Wildman–Crippen LogP) is 3.87. The van der Waals surface area contributed by atoms with Crippen LogP contribution in [0.25, 0.3) is 5.69 Å². The van der Waals surface area contributed by atoms with Crippen molar-refractivity contribution in [2.45, 2.75) is 26.8 Å². The average Bonchev–Trinajstić information content (AvgIpc) is 3.24. The second kappa shape index (κ2) is 10.7. The van der Waals surface area contributed by atoms with Crippen molar-refractivity contribution in [1.82, 2.24) is 15.1 Å². The second-order valence-electron chi connectivity index (χ2n) is 7.48. The van der Waals surface area contributed by atoms with Gasteiger partial charge in [-0.25, -0.2) is 9.48 Å². The molecule has 0 aliphatic rings. The number of nitrogens with zero attached hydrogens (tertiary/aromatic N) is 2. The smallest absolute Gasteiger partial charge is 0.341 e. The van der Waals surface area contributed by atoms with Gasteiger partial charge in [-0.2, -0.15) is 5.10 Å². The highest BCUT2D eigenvalue weighted by atomic mass is 16.5. The van der Waals surface area contributed by atoms with Crippen molar-refractivity contribution in [3.63, 3.8) is 0 Å². The number of rotatable bonds is 9. The molecular formula is C25H29N3O6. The third-order valence-corrected chi connectivity index (χ3v) is 5.41. The number of carbonyl (C=O) groups excluding carboxylic acids is 2. The molecule has 0 aliphatic carbocycles. The summed E-state index contributed by atoms with van der Waals surface area (Å²) in [6.07, 6.45) is 1.48. The van der Waals surface area contributed by atoms with E-state index in [2.05, 4.69) is 10.4 Å². The van der Waals surface area contributed by atoms with Crippen LogP contribution in [0.5, 0.6) is 17.2 Å². The summed E-state index contributed by atoms with van der Waals surface area (Å²) in [6.45, 7) is 5.71. The van der Waals surface area contributed by atoms with Crippen LogP contribution in [0.1, 0.15) is 51.9 Å². The van der Waals surface area contributed by atoms with Crippen molar-refractivity contribution >= 4 is 11.9 Å². The maximum absolute atomic E-state index is 12.9. The van der Waals surface area contributed by atoms with E-state index in [-0.39, 0.29) is 11.9 Å². The molecule has 9 heteroatoms. The van der Waals surface area contributed by atoms with Gasteiger partial charge < -0.3 is 24.3 Å². The third kappa shape index (κ3) is 4.98. The predicted molar refractivity (Wildman–Crippen MR) is 126 cm³/mol. The van der Waals surface area contributed by atoms with Crippen molar-refractivity contribution < 1.29 is 28.5 Å². The van der Waals surface area contributed by atoms with Crippen LogP contribution in [0.15, 0.2) is 42.6 Å². The molecule has 1 heterocycles. The van der Waals surface area contributed by atoms with Crippen LogP contribution in [-0.2, 0) is 4.74 Å². The van der Waals surface area contributed by atoms with E-state index in [4.69, 9.17) is 18.9 Å². The molecule has 1 amide bonds. The first-order valence-electron chi connectivity index (χ1n) is 10.8. The molecule has 1 aromatic heterocycles. The molecule has 0 spiro atoms. The van der Waals surface area contributed by atoms with Crippen molar-refractivity contribution in [2.75, 3.05) is 27.9 Å². The summed E-state index contributed by atoms with van der Waals surface area (Å²) in [4.78, 5) is 24.9. The molecule has 180 valence electrons. The molecule has 3 rings (SSSR count). The number of amides is 1. The third-order valence-electron chi connectivity index (χ3n) is 5.41. The van der Waals surface area contributed by atoms with E-state index in [1.165, 1.54) is 13.3 Å². The number of ether oxygens (including phenoxy) is 4. The number of carbonyl (C=O) groups is 2. The van der Waals surface area contributed by atoms with E-state index in [9.17, 15) is 9.59 Å². The zero-order chi connectivity index (χ0) is 24.8. The van der Waals surface area contributed by atoms with Gasteiger partial charge in [0.2, 0.25) is 5.75 Å². The Hall–Kier alpha value is -4.01. The summed E-state index contributed by atoms with van der Waals surface area (Å²) in [7, 11) is 4.63. The molecule has 9 nitrogen and oxygen atoms in total. The van der Waals surface area contributed by atoms with Gasteiger partial charge in [-0.1, -0.05) is 0 Å². The van der Waals surface area contributed by atoms with E-state index in [1.54, 1.807) is 69.1 Å². The molecule has 0 aliphatic heterocycles. The lowest BCUT2D eigenvalue weighted by Crippen LogP contribution is -2.26. The zero-order valence-corrected chi connectivity index (χ0v) is 20.2. The van der Waals surface area contributed by atoms with Gasteiger partial charge in [0.05, 0.1) is 51.6 Å². The SMILES string of the molecule is CCOC(=O)c1cnn(-c2ccc(C(=O)NC(C)c3cc(OC)c(OC)c(OC)c3)cc2)c1C. The Labute approximate surface area is 198 Å². The van der Waals surface area contributed by atoms with Gasteiger partial charge in [0.1, 0.15) is 5.56 Å². The summed E-state index contributed by atoms with van der Waals surface area (Å²) in [5, 5.41) is 7.26. The fraction of sp³-hybridized carbons (Fsp3) is 0.320. The van der Waals surface area contributed by atoms with E-state index in [0.29, 0.717) is 40.7 Å². The van der Waals surface area contributed by atoms with Crippen LogP contribution in [0.4, 0.5) is 0 Å². The molecule has 34 heavy (non-hydrogen) atoms. The fourth-order valence-electron chi connectivity index (χ4n) is 3.55. The van der Waals surface area contributed by atoms with Gasteiger partial charge in [-0.05, 0) is 62.7 Å². The first kappa shape index (κ1) is 24.6. The van der Waals surface area contributed by atoms with Gasteiger partial charge in [0.25, 0.3) is 5.91 Å². The minimum absolute atomic E-state index is 0.239. The van der Waals surface area contributed by atoms with Crippen LogP contribution in [-0.4, -0.2) is 49.6 Å². The topological polar surface area (TPSA) is 101 Å². The highest BCUT2D eigenvalue weighted by Crippen LogP contribution is 2.39. The molecule has 1 unspecified atom stereocenters. The number of benzene rings is 2. The van der Waals surface area contributed by atoms with Crippen molar-refractivity contribution in [1.29, 1.82) is 0 Å². The van der Waals surface area contributed by atoms with Crippen LogP contribution in [0, 0.1) is 6.92 Å². The Balaban J connectivity index is 1.76. The van der Waals surface area contributed by atoms with Crippen LogP contribution in [0.2, 0.25) is 0 Å². The van der Waals surface area contributed by atoms with Gasteiger partial charge in [-0.15, -0.1) is 0 Å². The van der Waals surface area contributed by atoms with Gasteiger partial charge in [0.15, 0.2) is 11.5 Å². The monoisotopic (exact) mass is 467 g/mol. The van der Waals surface area contributed by atoms with Gasteiger partial charge in [-0.3, -0.25) is 4.79 Å². The number of hydrogen-bond acceptors (Lipinski definition) is 7. The minimum atomic E-state index is -0.414. The van der Waals surface area contributed by atoms with E-state index in [1.807, 2.05) is 6.92 Å². The second-order valence-corrected chi connectivity index (χ2v) is 7.48. The van der Waals surface area contributed by atoms with Gasteiger partial charge in [0, 0.05) is 5.56 Å². The summed E-state index contributed by atoms with van der Waals surface area (Å²) in [5.74, 6) is 0.862. The molecular weight excluding hydrogens is 438 g/mol. The Kier molecular flexibility index (Phi) is 7.78. The van der Waals surface area contributed by atoms with Gasteiger partial charge >= 0.3 is 5.97 Å². The first-order chi connectivity index (χ1) is 16.3. The maximum Gasteiger partial charge on any atom is 0.341 e. The molecule has 0 saturated heterocycles. The molecule has 0 fully saturated rings. The van der Waals surface area contributed by atoms with E-state index < -0.39 is 5.97 Å². The fourth-order valence-corrected chi connectivity index (χ4v) is 3.55. The van der Waals surface area contributed by atoms with Crippen molar-refractivity contribution in [3.05, 3.63) is 65.0 Å². The number of esters is 1. The molecule has 0 bridgehead atoms. The minimum Gasteiger partial charge on any atom is -0.493 e. The Bertz CT molecular complexity index is 1140. The number of nitrogens with one attached hydrogen (secondary N) is 1.